The molecule has 1 aliphatic rings. The summed E-state index contributed by atoms with van der Waals surface area (Å²) in [7, 11) is 0. The molecule has 6 heavy (non-hydrogen) atoms. The van der Waals surface area contributed by atoms with E-state index in [1.54, 1.807) is 0 Å². The Morgan fingerprint density at radius 2 is 1.67 bits per heavy atom. The quantitative estimate of drug-likeness (QED) is 0.281. The van der Waals surface area contributed by atoms with Crippen LogP contribution in [0.4, 0.5) is 0 Å². The first-order chi connectivity index (χ1) is 2.39. The molecule has 0 amide bonds. The number of rotatable bonds is 0. The topological polar surface area (TPSA) is 23.1 Å². The van der Waals surface area contributed by atoms with Crippen LogP contribution in [0.1, 0.15) is 19.3 Å². The first kappa shape index (κ1) is 6.56. The second-order valence-corrected chi connectivity index (χ2v) is 1.55. The zero-order valence-corrected chi connectivity index (χ0v) is 4.11. The third-order valence-corrected chi connectivity index (χ3v) is 1.05. The second-order valence-electron chi connectivity index (χ2n) is 1.55. The van der Waals surface area contributed by atoms with Crippen molar-refractivity contribution in [2.75, 3.05) is 0 Å². The molecule has 30 valence electrons. The van der Waals surface area contributed by atoms with Gasteiger partial charge in [0.2, 0.25) is 0 Å². The van der Waals surface area contributed by atoms with Gasteiger partial charge in [0.15, 0.2) is 0 Å². The molecule has 0 aromatic heterocycles. The van der Waals surface area contributed by atoms with Crippen molar-refractivity contribution >= 4 is 0 Å². The fraction of sp³-hybridized carbons (Fsp3) is 1.00. The van der Waals surface area contributed by atoms with Crippen molar-refractivity contribution in [3.8, 4) is 0 Å². The van der Waals surface area contributed by atoms with Gasteiger partial charge in [-0.05, 0) is 0 Å². The number of hydrogen-bond donors (Lipinski definition) is 0. The molecular formula is C4H7LiO. The SMILES string of the molecule is [Li+].[O-]C1CCC1. The Labute approximate surface area is 49.9 Å². The van der Waals surface area contributed by atoms with E-state index in [1.165, 1.54) is 6.42 Å². The second kappa shape index (κ2) is 2.68. The van der Waals surface area contributed by atoms with Crippen LogP contribution in [0.15, 0.2) is 0 Å². The van der Waals surface area contributed by atoms with Crippen molar-refractivity contribution in [1.82, 2.24) is 0 Å². The fourth-order valence-electron chi connectivity index (χ4n) is 0.371. The van der Waals surface area contributed by atoms with Gasteiger partial charge in [0, 0.05) is 0 Å². The third kappa shape index (κ3) is 1.34. The molecule has 1 saturated carbocycles. The van der Waals surface area contributed by atoms with Crippen molar-refractivity contribution in [2.24, 2.45) is 0 Å². The summed E-state index contributed by atoms with van der Waals surface area (Å²) in [6.45, 7) is 0. The summed E-state index contributed by atoms with van der Waals surface area (Å²) in [5.74, 6) is 0. The Bertz CT molecular complexity index is 34.5. The van der Waals surface area contributed by atoms with E-state index in [1.807, 2.05) is 0 Å². The summed E-state index contributed by atoms with van der Waals surface area (Å²) in [6.07, 6.45) is 2.85. The van der Waals surface area contributed by atoms with Gasteiger partial charge in [-0.15, -0.1) is 6.10 Å². The van der Waals surface area contributed by atoms with Crippen LogP contribution < -0.4 is 24.0 Å². The maximum atomic E-state index is 9.98. The molecule has 0 spiro atoms. The number of hydrogen-bond acceptors (Lipinski definition) is 1. The van der Waals surface area contributed by atoms with Gasteiger partial charge in [-0.2, -0.15) is 0 Å². The predicted molar refractivity (Wildman–Crippen MR) is 17.6 cm³/mol. The molecule has 0 aromatic carbocycles. The monoisotopic (exact) mass is 78.1 g/mol. The van der Waals surface area contributed by atoms with E-state index in [-0.39, 0.29) is 25.0 Å². The van der Waals surface area contributed by atoms with Crippen LogP contribution in [0.3, 0.4) is 0 Å². The van der Waals surface area contributed by atoms with Gasteiger partial charge in [0.05, 0.1) is 0 Å². The summed E-state index contributed by atoms with van der Waals surface area (Å²) < 4.78 is 0. The Hall–Kier alpha value is 0.557. The molecule has 0 heterocycles. The van der Waals surface area contributed by atoms with E-state index in [0.717, 1.165) is 12.8 Å². The van der Waals surface area contributed by atoms with Crippen molar-refractivity contribution in [3.63, 3.8) is 0 Å². The average Bonchev–Trinajstić information content (AvgIpc) is 1.30. The van der Waals surface area contributed by atoms with Gasteiger partial charge in [-0.25, -0.2) is 0 Å². The first-order valence-electron chi connectivity index (χ1n) is 2.05. The molecule has 0 atom stereocenters. The van der Waals surface area contributed by atoms with Crippen LogP contribution in [-0.4, -0.2) is 6.10 Å². The Kier molecular flexibility index (Phi) is 2.93. The molecule has 2 heteroatoms. The minimum Gasteiger partial charge on any atom is -0.852 e. The molecule has 0 aliphatic heterocycles. The third-order valence-electron chi connectivity index (χ3n) is 1.05. The van der Waals surface area contributed by atoms with E-state index in [2.05, 4.69) is 0 Å². The molecule has 0 radical (unpaired) electrons. The average molecular weight is 78.0 g/mol. The van der Waals surface area contributed by atoms with Crippen molar-refractivity contribution in [1.29, 1.82) is 0 Å². The minimum atomic E-state index is -0.185. The maximum absolute atomic E-state index is 9.98. The molecule has 1 rings (SSSR count). The Balaban J connectivity index is 0.000000250. The predicted octanol–water partition coefficient (Wildman–Crippen LogP) is -3.10. The van der Waals surface area contributed by atoms with E-state index >= 15 is 0 Å². The van der Waals surface area contributed by atoms with E-state index in [4.69, 9.17) is 0 Å². The van der Waals surface area contributed by atoms with Crippen molar-refractivity contribution in [3.05, 3.63) is 0 Å². The summed E-state index contributed by atoms with van der Waals surface area (Å²) in [4.78, 5) is 0. The van der Waals surface area contributed by atoms with Crippen LogP contribution in [0.25, 0.3) is 0 Å². The molecule has 0 bridgehead atoms. The van der Waals surface area contributed by atoms with E-state index < -0.39 is 0 Å². The van der Waals surface area contributed by atoms with Gasteiger partial charge < -0.3 is 5.11 Å². The molecule has 1 nitrogen and oxygen atoms in total. The van der Waals surface area contributed by atoms with Crippen LogP contribution >= 0.6 is 0 Å². The van der Waals surface area contributed by atoms with Gasteiger partial charge in [-0.1, -0.05) is 19.3 Å². The van der Waals surface area contributed by atoms with Crippen LogP contribution in [0.2, 0.25) is 0 Å². The standard InChI is InChI=1S/C4H7O.Li/c5-4-2-1-3-4;/h4H,1-3H2;/q-1;+1. The van der Waals surface area contributed by atoms with Gasteiger partial charge in [0.25, 0.3) is 0 Å². The minimum absolute atomic E-state index is 0. The van der Waals surface area contributed by atoms with Gasteiger partial charge in [-0.3, -0.25) is 0 Å². The first-order valence-corrected chi connectivity index (χ1v) is 2.05. The van der Waals surface area contributed by atoms with Crippen LogP contribution in [-0.2, 0) is 0 Å². The van der Waals surface area contributed by atoms with Crippen molar-refractivity contribution in [2.45, 2.75) is 25.4 Å². The summed E-state index contributed by atoms with van der Waals surface area (Å²) in [5, 5.41) is 9.98. The molecule has 0 N–H and O–H groups in total. The molecule has 0 aromatic rings. The molecule has 0 unspecified atom stereocenters. The van der Waals surface area contributed by atoms with Crippen molar-refractivity contribution < 1.29 is 24.0 Å². The van der Waals surface area contributed by atoms with Gasteiger partial charge >= 0.3 is 18.9 Å². The van der Waals surface area contributed by atoms with Gasteiger partial charge in [0.1, 0.15) is 0 Å². The molecule has 1 aliphatic carbocycles. The normalized spacial score (nSPS) is 21.5. The Morgan fingerprint density at radius 1 is 1.33 bits per heavy atom. The largest absolute Gasteiger partial charge is 1.00 e. The summed E-state index contributed by atoms with van der Waals surface area (Å²) in [5.41, 5.74) is 0. The molecular weight excluding hydrogens is 71.0 g/mol. The summed E-state index contributed by atoms with van der Waals surface area (Å²) >= 11 is 0. The smallest absolute Gasteiger partial charge is 0.852 e. The van der Waals surface area contributed by atoms with Crippen LogP contribution in [0, 0.1) is 0 Å². The maximum Gasteiger partial charge on any atom is 1.00 e. The Morgan fingerprint density at radius 3 is 1.67 bits per heavy atom. The van der Waals surface area contributed by atoms with E-state index in [9.17, 15) is 5.11 Å². The molecule has 0 saturated heterocycles. The zero-order chi connectivity index (χ0) is 3.70. The van der Waals surface area contributed by atoms with E-state index in [0.29, 0.717) is 0 Å². The molecule has 1 fully saturated rings. The van der Waals surface area contributed by atoms with Crippen LogP contribution in [0.5, 0.6) is 0 Å². The zero-order valence-electron chi connectivity index (χ0n) is 4.11. The summed E-state index contributed by atoms with van der Waals surface area (Å²) in [6, 6.07) is 0. The fourth-order valence-corrected chi connectivity index (χ4v) is 0.371.